The monoisotopic (exact) mass is 371 g/mol. The van der Waals surface area contributed by atoms with Crippen LogP contribution in [0.1, 0.15) is 18.4 Å². The third-order valence-electron chi connectivity index (χ3n) is 3.77. The third kappa shape index (κ3) is 4.49. The molecule has 5 nitrogen and oxygen atoms in total. The lowest BCUT2D eigenvalue weighted by molar-refractivity contribution is -0.137. The van der Waals surface area contributed by atoms with Crippen molar-refractivity contribution >= 4 is 21.5 Å². The molecule has 1 fully saturated rings. The lowest BCUT2D eigenvalue weighted by atomic mass is 10.2. The van der Waals surface area contributed by atoms with Crippen LogP contribution in [0.25, 0.3) is 0 Å². The summed E-state index contributed by atoms with van der Waals surface area (Å²) < 4.78 is 65.8. The SMILES string of the molecule is O=S(=O)(NCC1CC1)c1cccnc1Nc1cccc(C(F)(F)F)c1. The van der Waals surface area contributed by atoms with Gasteiger partial charge in [0, 0.05) is 18.4 Å². The lowest BCUT2D eigenvalue weighted by Gasteiger charge is -2.13. The maximum Gasteiger partial charge on any atom is 0.416 e. The molecule has 3 rings (SSSR count). The van der Waals surface area contributed by atoms with Gasteiger partial charge in [-0.3, -0.25) is 0 Å². The van der Waals surface area contributed by atoms with E-state index in [2.05, 4.69) is 15.0 Å². The Kier molecular flexibility index (Phi) is 4.70. The maximum absolute atomic E-state index is 12.8. The molecule has 2 aromatic rings. The van der Waals surface area contributed by atoms with E-state index >= 15 is 0 Å². The fourth-order valence-electron chi connectivity index (χ4n) is 2.24. The van der Waals surface area contributed by atoms with Crippen molar-refractivity contribution in [2.24, 2.45) is 5.92 Å². The number of alkyl halides is 3. The van der Waals surface area contributed by atoms with Crippen LogP contribution in [-0.4, -0.2) is 19.9 Å². The molecule has 2 N–H and O–H groups in total. The molecule has 9 heteroatoms. The Morgan fingerprint density at radius 1 is 1.16 bits per heavy atom. The number of rotatable bonds is 6. The number of hydrogen-bond acceptors (Lipinski definition) is 4. The summed E-state index contributed by atoms with van der Waals surface area (Å²) in [4.78, 5) is 3.86. The molecule has 1 aliphatic rings. The molecule has 1 saturated carbocycles. The van der Waals surface area contributed by atoms with E-state index in [9.17, 15) is 21.6 Å². The first-order valence-electron chi connectivity index (χ1n) is 7.65. The van der Waals surface area contributed by atoms with Crippen molar-refractivity contribution in [1.29, 1.82) is 0 Å². The van der Waals surface area contributed by atoms with Crippen molar-refractivity contribution in [2.75, 3.05) is 11.9 Å². The predicted octanol–water partition coefficient (Wildman–Crippen LogP) is 3.53. The molecule has 25 heavy (non-hydrogen) atoms. The molecule has 134 valence electrons. The molecular formula is C16H16F3N3O2S. The average Bonchev–Trinajstić information content (AvgIpc) is 3.37. The van der Waals surface area contributed by atoms with Crippen LogP contribution in [0.15, 0.2) is 47.5 Å². The number of hydrogen-bond donors (Lipinski definition) is 2. The molecule has 0 saturated heterocycles. The van der Waals surface area contributed by atoms with E-state index < -0.39 is 21.8 Å². The lowest BCUT2D eigenvalue weighted by Crippen LogP contribution is -2.26. The first-order chi connectivity index (χ1) is 11.8. The molecule has 0 aliphatic heterocycles. The zero-order chi connectivity index (χ0) is 18.1. The van der Waals surface area contributed by atoms with Gasteiger partial charge in [-0.15, -0.1) is 0 Å². The van der Waals surface area contributed by atoms with Crippen molar-refractivity contribution in [3.63, 3.8) is 0 Å². The number of pyridine rings is 1. The van der Waals surface area contributed by atoms with Crippen molar-refractivity contribution in [3.8, 4) is 0 Å². The minimum atomic E-state index is -4.48. The summed E-state index contributed by atoms with van der Waals surface area (Å²) in [5.74, 6) is 0.330. The number of nitrogens with one attached hydrogen (secondary N) is 2. The zero-order valence-electron chi connectivity index (χ0n) is 13.0. The molecule has 0 radical (unpaired) electrons. The van der Waals surface area contributed by atoms with E-state index in [1.165, 1.54) is 30.5 Å². The smallest absolute Gasteiger partial charge is 0.339 e. The van der Waals surface area contributed by atoms with E-state index in [1.54, 1.807) is 0 Å². The van der Waals surface area contributed by atoms with Gasteiger partial charge in [0.25, 0.3) is 0 Å². The van der Waals surface area contributed by atoms with E-state index in [4.69, 9.17) is 0 Å². The number of anilines is 2. The van der Waals surface area contributed by atoms with Gasteiger partial charge in [0.15, 0.2) is 5.82 Å². The van der Waals surface area contributed by atoms with Crippen LogP contribution in [0.4, 0.5) is 24.7 Å². The largest absolute Gasteiger partial charge is 0.416 e. The molecule has 1 aliphatic carbocycles. The first kappa shape index (κ1) is 17.7. The molecule has 0 unspecified atom stereocenters. The van der Waals surface area contributed by atoms with E-state index in [1.807, 2.05) is 0 Å². The van der Waals surface area contributed by atoms with Gasteiger partial charge >= 0.3 is 6.18 Å². The number of benzene rings is 1. The predicted molar refractivity (Wildman–Crippen MR) is 86.9 cm³/mol. The highest BCUT2D eigenvalue weighted by Crippen LogP contribution is 2.32. The molecule has 0 bridgehead atoms. The second-order valence-corrected chi connectivity index (χ2v) is 7.58. The Hall–Kier alpha value is -2.13. The average molecular weight is 371 g/mol. The Balaban J connectivity index is 1.86. The summed E-state index contributed by atoms with van der Waals surface area (Å²) >= 11 is 0. The first-order valence-corrected chi connectivity index (χ1v) is 9.13. The van der Waals surface area contributed by atoms with Crippen molar-refractivity contribution in [2.45, 2.75) is 23.9 Å². The van der Waals surface area contributed by atoms with Crippen LogP contribution < -0.4 is 10.0 Å². The van der Waals surface area contributed by atoms with E-state index in [-0.39, 0.29) is 16.4 Å². The van der Waals surface area contributed by atoms with Gasteiger partial charge in [-0.2, -0.15) is 13.2 Å². The van der Waals surface area contributed by atoms with Gasteiger partial charge < -0.3 is 5.32 Å². The molecule has 1 aromatic heterocycles. The number of aromatic nitrogens is 1. The van der Waals surface area contributed by atoms with Crippen LogP contribution in [0.3, 0.4) is 0 Å². The molecule has 1 heterocycles. The highest BCUT2D eigenvalue weighted by Gasteiger charge is 2.30. The van der Waals surface area contributed by atoms with Gasteiger partial charge in [-0.25, -0.2) is 18.1 Å². The summed E-state index contributed by atoms with van der Waals surface area (Å²) in [6.45, 7) is 0.347. The Bertz CT molecular complexity index is 865. The fourth-order valence-corrected chi connectivity index (χ4v) is 3.47. The second kappa shape index (κ2) is 6.64. The topological polar surface area (TPSA) is 71.1 Å². The minimum Gasteiger partial charge on any atom is -0.339 e. The van der Waals surface area contributed by atoms with Gasteiger partial charge in [-0.1, -0.05) is 6.07 Å². The highest BCUT2D eigenvalue weighted by atomic mass is 32.2. The van der Waals surface area contributed by atoms with Gasteiger partial charge in [0.05, 0.1) is 5.56 Å². The van der Waals surface area contributed by atoms with Crippen LogP contribution in [0, 0.1) is 5.92 Å². The van der Waals surface area contributed by atoms with Gasteiger partial charge in [0.2, 0.25) is 10.0 Å². The third-order valence-corrected chi connectivity index (χ3v) is 5.23. The van der Waals surface area contributed by atoms with Crippen molar-refractivity contribution in [3.05, 3.63) is 48.2 Å². The molecule has 0 atom stereocenters. The number of halogens is 3. The molecule has 0 spiro atoms. The number of sulfonamides is 1. The quantitative estimate of drug-likeness (QED) is 0.815. The van der Waals surface area contributed by atoms with Crippen LogP contribution in [0.5, 0.6) is 0 Å². The summed E-state index contributed by atoms with van der Waals surface area (Å²) in [5, 5.41) is 2.66. The van der Waals surface area contributed by atoms with Crippen molar-refractivity contribution in [1.82, 2.24) is 9.71 Å². The zero-order valence-corrected chi connectivity index (χ0v) is 13.9. The molecular weight excluding hydrogens is 355 g/mol. The van der Waals surface area contributed by atoms with E-state index in [0.29, 0.717) is 12.5 Å². The number of nitrogens with zero attached hydrogens (tertiary/aromatic N) is 1. The minimum absolute atomic E-state index is 0.0230. The van der Waals surface area contributed by atoms with Crippen molar-refractivity contribution < 1.29 is 21.6 Å². The summed E-state index contributed by atoms with van der Waals surface area (Å²) in [7, 11) is -3.80. The van der Waals surface area contributed by atoms with Gasteiger partial charge in [-0.05, 0) is 49.1 Å². The van der Waals surface area contributed by atoms with Crippen LogP contribution in [-0.2, 0) is 16.2 Å². The Labute approximate surface area is 143 Å². The van der Waals surface area contributed by atoms with Crippen LogP contribution >= 0.6 is 0 Å². The summed E-state index contributed by atoms with van der Waals surface area (Å²) in [5.41, 5.74) is -0.725. The summed E-state index contributed by atoms with van der Waals surface area (Å²) in [6, 6.07) is 7.33. The summed E-state index contributed by atoms with van der Waals surface area (Å²) in [6.07, 6.45) is -1.13. The molecule has 1 aromatic carbocycles. The normalized spacial score (nSPS) is 15.2. The highest BCUT2D eigenvalue weighted by molar-refractivity contribution is 7.89. The maximum atomic E-state index is 12.8. The standard InChI is InChI=1S/C16H16F3N3O2S/c17-16(18,19)12-3-1-4-13(9-12)22-15-14(5-2-8-20-15)25(23,24)21-10-11-6-7-11/h1-5,8-9,11,21H,6-7,10H2,(H,20,22). The fraction of sp³-hybridized carbons (Fsp3) is 0.312. The second-order valence-electron chi connectivity index (χ2n) is 5.85. The Morgan fingerprint density at radius 3 is 2.60 bits per heavy atom. The molecule has 0 amide bonds. The Morgan fingerprint density at radius 2 is 1.92 bits per heavy atom. The van der Waals surface area contributed by atoms with Crippen LogP contribution in [0.2, 0.25) is 0 Å². The van der Waals surface area contributed by atoms with Gasteiger partial charge in [0.1, 0.15) is 4.90 Å². The van der Waals surface area contributed by atoms with E-state index in [0.717, 1.165) is 25.0 Å².